The maximum atomic E-state index is 12.2. The van der Waals surface area contributed by atoms with Gasteiger partial charge in [0.2, 0.25) is 5.91 Å². The highest BCUT2D eigenvalue weighted by Crippen LogP contribution is 2.53. The molecule has 2 heterocycles. The molecular formula is C14H19NO4S. The van der Waals surface area contributed by atoms with Crippen molar-refractivity contribution in [3.8, 4) is 0 Å². The summed E-state index contributed by atoms with van der Waals surface area (Å²) < 4.78 is 0. The van der Waals surface area contributed by atoms with Gasteiger partial charge in [-0.3, -0.25) is 4.79 Å². The highest BCUT2D eigenvalue weighted by molar-refractivity contribution is 7.99. The Hall–Kier alpha value is -1.01. The van der Waals surface area contributed by atoms with Crippen LogP contribution in [0, 0.1) is 11.8 Å². The average molecular weight is 297 g/mol. The van der Waals surface area contributed by atoms with Crippen LogP contribution in [0.25, 0.3) is 0 Å². The molecule has 20 heavy (non-hydrogen) atoms. The van der Waals surface area contributed by atoms with E-state index >= 15 is 0 Å². The number of nitrogens with zero attached hydrogens (tertiary/aromatic N) is 1. The Balaban J connectivity index is 2.04. The molecule has 0 spiro atoms. The number of amides is 1. The molecule has 3 aliphatic rings. The number of β-lactam (4-membered cyclic amide) rings is 1. The number of fused-ring (bicyclic) bond motifs is 3. The van der Waals surface area contributed by atoms with Crippen LogP contribution in [0.1, 0.15) is 26.2 Å². The largest absolute Gasteiger partial charge is 0.477 e. The molecule has 1 saturated heterocycles. The number of aliphatic carboxylic acids is 1. The quantitative estimate of drug-likeness (QED) is 0.762. The summed E-state index contributed by atoms with van der Waals surface area (Å²) in [6, 6.07) is -0.140. The molecule has 110 valence electrons. The van der Waals surface area contributed by atoms with Crippen molar-refractivity contribution in [3.63, 3.8) is 0 Å². The average Bonchev–Trinajstić information content (AvgIpc) is 2.69. The van der Waals surface area contributed by atoms with Gasteiger partial charge in [0.25, 0.3) is 0 Å². The van der Waals surface area contributed by atoms with Crippen LogP contribution in [0.5, 0.6) is 0 Å². The zero-order chi connectivity index (χ0) is 14.6. The lowest BCUT2D eigenvalue weighted by Gasteiger charge is -2.47. The van der Waals surface area contributed by atoms with E-state index in [1.54, 1.807) is 18.7 Å². The number of thioether (sulfide) groups is 1. The smallest absolute Gasteiger partial charge is 0.352 e. The van der Waals surface area contributed by atoms with Crippen LogP contribution in [0.4, 0.5) is 0 Å². The molecule has 0 aromatic rings. The highest BCUT2D eigenvalue weighted by Gasteiger charge is 2.62. The predicted octanol–water partition coefficient (Wildman–Crippen LogP) is 1.08. The van der Waals surface area contributed by atoms with Crippen LogP contribution in [0.15, 0.2) is 11.3 Å². The Labute approximate surface area is 122 Å². The fraction of sp³-hybridized carbons (Fsp3) is 0.714. The van der Waals surface area contributed by atoms with Crippen molar-refractivity contribution >= 4 is 23.6 Å². The summed E-state index contributed by atoms with van der Waals surface area (Å²) >= 11 is 1.66. The SMILES string of the molecule is CS[C@@H]1CCC[C@@H]2C1=C(C(=O)O)N1C(=O)[C@H](C(C)O)[C@@H]21. The standard InChI is InChI=1S/C14H19NO4S/c1-6(16)9-11-7-4-3-5-8(20-2)10(7)12(14(18)19)15(11)13(9)17/h6-9,11,16H,3-5H2,1-2H3,(H,18,19)/t6?,7-,8-,9-,11-/m1/s1. The second kappa shape index (κ2) is 4.77. The number of aliphatic hydroxyl groups excluding tert-OH is 1. The first kappa shape index (κ1) is 13.9. The van der Waals surface area contributed by atoms with Crippen molar-refractivity contribution in [2.75, 3.05) is 6.26 Å². The van der Waals surface area contributed by atoms with Gasteiger partial charge >= 0.3 is 5.97 Å². The van der Waals surface area contributed by atoms with E-state index in [9.17, 15) is 19.8 Å². The summed E-state index contributed by atoms with van der Waals surface area (Å²) in [6.07, 6.45) is 4.21. The predicted molar refractivity (Wildman–Crippen MR) is 75.1 cm³/mol. The minimum Gasteiger partial charge on any atom is -0.477 e. The van der Waals surface area contributed by atoms with E-state index in [-0.39, 0.29) is 28.8 Å². The van der Waals surface area contributed by atoms with E-state index in [4.69, 9.17) is 0 Å². The molecule has 2 fully saturated rings. The molecule has 1 saturated carbocycles. The van der Waals surface area contributed by atoms with Gasteiger partial charge in [-0.2, -0.15) is 11.8 Å². The van der Waals surface area contributed by atoms with Gasteiger partial charge in [-0.05, 0) is 31.6 Å². The van der Waals surface area contributed by atoms with E-state index in [1.807, 2.05) is 6.26 Å². The summed E-state index contributed by atoms with van der Waals surface area (Å²) in [5.74, 6) is -1.56. The summed E-state index contributed by atoms with van der Waals surface area (Å²) in [6.45, 7) is 1.62. The van der Waals surface area contributed by atoms with Crippen LogP contribution < -0.4 is 0 Å². The van der Waals surface area contributed by atoms with Crippen LogP contribution >= 0.6 is 11.8 Å². The molecular weight excluding hydrogens is 278 g/mol. The molecule has 0 radical (unpaired) electrons. The highest BCUT2D eigenvalue weighted by atomic mass is 32.2. The zero-order valence-electron chi connectivity index (χ0n) is 11.6. The Morgan fingerprint density at radius 1 is 1.45 bits per heavy atom. The van der Waals surface area contributed by atoms with Gasteiger partial charge in [0.1, 0.15) is 5.70 Å². The van der Waals surface area contributed by atoms with Gasteiger partial charge in [0, 0.05) is 11.2 Å². The maximum absolute atomic E-state index is 12.2. The molecule has 1 amide bonds. The zero-order valence-corrected chi connectivity index (χ0v) is 12.4. The summed E-state index contributed by atoms with van der Waals surface area (Å²) in [5.41, 5.74) is 1.12. The Bertz CT molecular complexity index is 501. The minimum atomic E-state index is -1.01. The van der Waals surface area contributed by atoms with Crippen molar-refractivity contribution < 1.29 is 19.8 Å². The van der Waals surface area contributed by atoms with Gasteiger partial charge in [-0.25, -0.2) is 4.79 Å². The van der Waals surface area contributed by atoms with Crippen molar-refractivity contribution in [1.82, 2.24) is 4.90 Å². The molecule has 0 aromatic carbocycles. The number of carbonyl (C=O) groups is 2. The molecule has 3 rings (SSSR count). The van der Waals surface area contributed by atoms with Gasteiger partial charge in [0.05, 0.1) is 18.1 Å². The number of carbonyl (C=O) groups excluding carboxylic acids is 1. The molecule has 1 unspecified atom stereocenters. The topological polar surface area (TPSA) is 77.8 Å². The minimum absolute atomic E-state index is 0.115. The Kier molecular flexibility index (Phi) is 3.33. The lowest BCUT2D eigenvalue weighted by atomic mass is 9.72. The Morgan fingerprint density at radius 3 is 2.70 bits per heavy atom. The third-order valence-electron chi connectivity index (χ3n) is 4.85. The number of aliphatic hydroxyl groups is 1. The van der Waals surface area contributed by atoms with Crippen LogP contribution in [-0.2, 0) is 9.59 Å². The molecule has 0 bridgehead atoms. The summed E-state index contributed by atoms with van der Waals surface area (Å²) in [7, 11) is 0. The summed E-state index contributed by atoms with van der Waals surface area (Å²) in [4.78, 5) is 25.2. The number of hydrogen-bond acceptors (Lipinski definition) is 4. The van der Waals surface area contributed by atoms with Gasteiger partial charge in [-0.15, -0.1) is 0 Å². The van der Waals surface area contributed by atoms with Crippen LogP contribution in [0.2, 0.25) is 0 Å². The number of carboxylic acid groups (broad SMARTS) is 1. The fourth-order valence-electron chi connectivity index (χ4n) is 4.08. The van der Waals surface area contributed by atoms with Crippen molar-refractivity contribution in [1.29, 1.82) is 0 Å². The van der Waals surface area contributed by atoms with E-state index in [1.165, 1.54) is 4.90 Å². The van der Waals surface area contributed by atoms with Crippen molar-refractivity contribution in [2.24, 2.45) is 11.8 Å². The number of hydrogen-bond donors (Lipinski definition) is 2. The molecule has 6 heteroatoms. The van der Waals surface area contributed by atoms with Crippen molar-refractivity contribution in [2.45, 2.75) is 43.6 Å². The molecule has 2 aliphatic heterocycles. The van der Waals surface area contributed by atoms with E-state index in [0.717, 1.165) is 24.8 Å². The van der Waals surface area contributed by atoms with Gasteiger partial charge in [-0.1, -0.05) is 6.42 Å². The second-order valence-electron chi connectivity index (χ2n) is 5.84. The van der Waals surface area contributed by atoms with Crippen molar-refractivity contribution in [3.05, 3.63) is 11.3 Å². The normalized spacial score (nSPS) is 37.4. The molecule has 5 atom stereocenters. The first-order valence-electron chi connectivity index (χ1n) is 7.00. The number of rotatable bonds is 3. The fourth-order valence-corrected chi connectivity index (χ4v) is 5.02. The lowest BCUT2D eigenvalue weighted by Crippen LogP contribution is -2.64. The van der Waals surface area contributed by atoms with Crippen LogP contribution in [0.3, 0.4) is 0 Å². The van der Waals surface area contributed by atoms with Crippen LogP contribution in [-0.4, -0.2) is 50.6 Å². The lowest BCUT2D eigenvalue weighted by molar-refractivity contribution is -0.163. The van der Waals surface area contributed by atoms with E-state index in [0.29, 0.717) is 0 Å². The Morgan fingerprint density at radius 2 is 2.15 bits per heavy atom. The third-order valence-corrected chi connectivity index (χ3v) is 5.91. The van der Waals surface area contributed by atoms with E-state index < -0.39 is 18.0 Å². The molecule has 1 aliphatic carbocycles. The first-order valence-corrected chi connectivity index (χ1v) is 8.29. The van der Waals surface area contributed by atoms with Gasteiger partial charge in [0.15, 0.2) is 0 Å². The molecule has 2 N–H and O–H groups in total. The molecule has 0 aromatic heterocycles. The second-order valence-corrected chi connectivity index (χ2v) is 6.88. The molecule has 5 nitrogen and oxygen atoms in total. The third kappa shape index (κ3) is 1.67. The van der Waals surface area contributed by atoms with Gasteiger partial charge < -0.3 is 15.1 Å². The first-order chi connectivity index (χ1) is 9.49. The monoisotopic (exact) mass is 297 g/mol. The number of carboxylic acids is 1. The maximum Gasteiger partial charge on any atom is 0.352 e. The summed E-state index contributed by atoms with van der Waals surface area (Å²) in [5, 5.41) is 19.5. The van der Waals surface area contributed by atoms with E-state index in [2.05, 4.69) is 0 Å².